The Balaban J connectivity index is 0. The summed E-state index contributed by atoms with van der Waals surface area (Å²) in [5.74, 6) is 1.27. The number of allylic oxidation sites excluding steroid dienone is 8. The third-order valence-corrected chi connectivity index (χ3v) is 9.60. The van der Waals surface area contributed by atoms with Crippen LogP contribution in [0.2, 0.25) is 13.1 Å². The summed E-state index contributed by atoms with van der Waals surface area (Å²) in [6, 6.07) is 0. The van der Waals surface area contributed by atoms with Crippen molar-refractivity contribution in [3.05, 3.63) is 44.8 Å². The van der Waals surface area contributed by atoms with E-state index in [0.717, 1.165) is 0 Å². The van der Waals surface area contributed by atoms with Gasteiger partial charge in [-0.2, -0.15) is 0 Å². The van der Waals surface area contributed by atoms with Crippen LogP contribution in [0.1, 0.15) is 41.5 Å². The Morgan fingerprint density at radius 3 is 1.18 bits per heavy atom. The van der Waals surface area contributed by atoms with E-state index in [9.17, 15) is 0 Å². The first-order chi connectivity index (χ1) is 8.67. The predicted molar refractivity (Wildman–Crippen MR) is 88.7 cm³/mol. The van der Waals surface area contributed by atoms with Crippen LogP contribution >= 0.6 is 0 Å². The maximum Gasteiger partial charge on any atom is 2.00 e. The van der Waals surface area contributed by atoms with Crippen molar-refractivity contribution in [1.29, 1.82) is 0 Å². The monoisotopic (exact) mass is 522 g/mol. The fourth-order valence-electron chi connectivity index (χ4n) is 4.50. The molecule has 2 unspecified atom stereocenters. The smallest absolute Gasteiger partial charge is 1.00 e. The van der Waals surface area contributed by atoms with Crippen LogP contribution in [0.15, 0.2) is 44.8 Å². The third-order valence-electron chi connectivity index (χ3n) is 5.25. The normalized spacial score (nSPS) is 24.4. The molecule has 0 bridgehead atoms. The van der Waals surface area contributed by atoms with Crippen LogP contribution in [0.3, 0.4) is 0 Å². The molecule has 2 aliphatic carbocycles. The summed E-state index contributed by atoms with van der Waals surface area (Å²) >= 11 is 0. The van der Waals surface area contributed by atoms with Gasteiger partial charge in [0.05, 0.1) is 0 Å². The zero-order valence-electron chi connectivity index (χ0n) is 15.1. The summed E-state index contributed by atoms with van der Waals surface area (Å²) in [7, 11) is -1.52. The second-order valence-electron chi connectivity index (χ2n) is 6.98. The van der Waals surface area contributed by atoms with E-state index >= 15 is 0 Å². The fourth-order valence-corrected chi connectivity index (χ4v) is 9.50. The van der Waals surface area contributed by atoms with Crippen molar-refractivity contribution in [2.45, 2.75) is 54.6 Å². The van der Waals surface area contributed by atoms with Gasteiger partial charge in [0.25, 0.3) is 0 Å². The molecule has 0 radical (unpaired) electrons. The average Bonchev–Trinajstić information content (AvgIpc) is 2.66. The van der Waals surface area contributed by atoms with E-state index in [1.165, 1.54) is 11.1 Å². The standard InChI is InChI=1S/C18H28Si.2ClH.Hf/c1-11-9-13(3)17(15(11)5)19(7,8)18-14(4)10-12(2)16(18)6;;;/h9-10,13-14H,1-8H3;2*1H;/q;;;+2/p-2. The summed E-state index contributed by atoms with van der Waals surface area (Å²) in [5.41, 5.74) is 6.13. The first-order valence-corrected chi connectivity index (χ1v) is 10.5. The van der Waals surface area contributed by atoms with Crippen molar-refractivity contribution >= 4 is 8.07 Å². The fraction of sp³-hybridized carbons (Fsp3) is 0.556. The Morgan fingerprint density at radius 2 is 1.00 bits per heavy atom. The van der Waals surface area contributed by atoms with Crippen molar-refractivity contribution < 1.29 is 50.7 Å². The maximum atomic E-state index is 2.55. The number of halogens is 2. The summed E-state index contributed by atoms with van der Waals surface area (Å²) in [6.07, 6.45) is 4.91. The van der Waals surface area contributed by atoms with Crippen molar-refractivity contribution in [3.63, 3.8) is 0 Å². The first-order valence-electron chi connectivity index (χ1n) is 7.48. The number of hydrogen-bond donors (Lipinski definition) is 0. The zero-order valence-corrected chi connectivity index (χ0v) is 21.2. The minimum absolute atomic E-state index is 0. The largest absolute Gasteiger partial charge is 2.00 e. The third kappa shape index (κ3) is 3.99. The molecule has 0 aromatic rings. The molecule has 0 aliphatic heterocycles. The summed E-state index contributed by atoms with van der Waals surface area (Å²) in [6.45, 7) is 19.1. The van der Waals surface area contributed by atoms with Gasteiger partial charge in [0, 0.05) is 0 Å². The maximum absolute atomic E-state index is 2.55. The van der Waals surface area contributed by atoms with E-state index in [1.54, 1.807) is 21.5 Å². The van der Waals surface area contributed by atoms with Gasteiger partial charge in [-0.3, -0.25) is 0 Å². The quantitative estimate of drug-likeness (QED) is 0.434. The summed E-state index contributed by atoms with van der Waals surface area (Å²) < 4.78 is 0. The molecule has 0 nitrogen and oxygen atoms in total. The van der Waals surface area contributed by atoms with E-state index in [4.69, 9.17) is 0 Å². The Labute approximate surface area is 169 Å². The number of hydrogen-bond acceptors (Lipinski definition) is 0. The molecular weight excluding hydrogens is 494 g/mol. The molecule has 2 atom stereocenters. The molecule has 0 N–H and O–H groups in total. The second kappa shape index (κ2) is 8.64. The Bertz CT molecular complexity index is 505. The Morgan fingerprint density at radius 1 is 0.727 bits per heavy atom. The van der Waals surface area contributed by atoms with Crippen LogP contribution in [0.25, 0.3) is 0 Å². The van der Waals surface area contributed by atoms with Crippen LogP contribution in [0, 0.1) is 11.8 Å². The molecule has 0 fully saturated rings. The van der Waals surface area contributed by atoms with Gasteiger partial charge in [-0.1, -0.05) is 71.8 Å². The van der Waals surface area contributed by atoms with Crippen molar-refractivity contribution in [2.75, 3.05) is 0 Å². The summed E-state index contributed by atoms with van der Waals surface area (Å²) in [4.78, 5) is 0. The van der Waals surface area contributed by atoms with Gasteiger partial charge in [-0.05, 0) is 39.5 Å². The van der Waals surface area contributed by atoms with Crippen molar-refractivity contribution in [1.82, 2.24) is 0 Å². The van der Waals surface area contributed by atoms with Crippen molar-refractivity contribution in [3.8, 4) is 0 Å². The topological polar surface area (TPSA) is 0 Å². The van der Waals surface area contributed by atoms with Crippen LogP contribution in [-0.2, 0) is 25.8 Å². The van der Waals surface area contributed by atoms with E-state index in [2.05, 4.69) is 66.8 Å². The van der Waals surface area contributed by atoms with Gasteiger partial charge in [0.2, 0.25) is 0 Å². The van der Waals surface area contributed by atoms with Crippen LogP contribution in [0.4, 0.5) is 0 Å². The van der Waals surface area contributed by atoms with Gasteiger partial charge in [-0.15, -0.1) is 0 Å². The molecule has 2 aliphatic rings. The molecule has 0 amide bonds. The van der Waals surface area contributed by atoms with Gasteiger partial charge in [0.15, 0.2) is 0 Å². The molecule has 0 heterocycles. The molecule has 4 heteroatoms. The Kier molecular flexibility index (Phi) is 9.77. The first kappa shape index (κ1) is 24.9. The molecule has 0 aromatic heterocycles. The summed E-state index contributed by atoms with van der Waals surface area (Å²) in [5, 5.41) is 3.52. The SMILES string of the molecule is CC1=CC(C)C([Si](C)(C)C2=C(C)C(C)=CC2C)=C1C.[Cl-].[Cl-].[Hf+2]. The van der Waals surface area contributed by atoms with Gasteiger partial charge in [0.1, 0.15) is 8.07 Å². The predicted octanol–water partition coefficient (Wildman–Crippen LogP) is -0.396. The van der Waals surface area contributed by atoms with Crippen LogP contribution in [0.5, 0.6) is 0 Å². The van der Waals surface area contributed by atoms with Crippen molar-refractivity contribution in [2.24, 2.45) is 11.8 Å². The molecular formula is C18H28Cl2HfSi. The second-order valence-corrected chi connectivity index (χ2v) is 11.3. The van der Waals surface area contributed by atoms with E-state index in [1.807, 2.05) is 0 Å². The van der Waals surface area contributed by atoms with Crippen LogP contribution in [-0.4, -0.2) is 8.07 Å². The molecule has 2 rings (SSSR count). The average molecular weight is 522 g/mol. The van der Waals surface area contributed by atoms with Gasteiger partial charge in [-0.25, -0.2) is 0 Å². The molecule has 0 saturated carbocycles. The minimum Gasteiger partial charge on any atom is -1.00 e. The molecule has 0 saturated heterocycles. The Hall–Kier alpha value is 0.627. The minimum atomic E-state index is -1.52. The number of rotatable bonds is 2. The van der Waals surface area contributed by atoms with E-state index in [-0.39, 0.29) is 50.7 Å². The molecule has 22 heavy (non-hydrogen) atoms. The van der Waals surface area contributed by atoms with Gasteiger partial charge < -0.3 is 24.8 Å². The molecule has 122 valence electrons. The van der Waals surface area contributed by atoms with E-state index < -0.39 is 8.07 Å². The molecule has 0 spiro atoms. The van der Waals surface area contributed by atoms with E-state index in [0.29, 0.717) is 11.8 Å². The molecule has 0 aromatic carbocycles. The van der Waals surface area contributed by atoms with Crippen LogP contribution < -0.4 is 24.8 Å². The van der Waals surface area contributed by atoms with Gasteiger partial charge >= 0.3 is 25.8 Å². The zero-order chi connectivity index (χ0) is 14.5.